The molecule has 0 N–H and O–H groups in total. The molecule has 0 aromatic carbocycles. The Labute approximate surface area is 95.1 Å². The smallest absolute Gasteiger partial charge is 0.250 e. The summed E-state index contributed by atoms with van der Waals surface area (Å²) in [6.45, 7) is 2.59. The first-order chi connectivity index (χ1) is 7.59. The van der Waals surface area contributed by atoms with Crippen LogP contribution >= 0.6 is 0 Å². The molecule has 1 fully saturated rings. The van der Waals surface area contributed by atoms with Gasteiger partial charge in [0.2, 0.25) is 5.91 Å². The molecular weight excluding hydrogens is 202 g/mol. The van der Waals surface area contributed by atoms with Crippen LogP contribution in [0.15, 0.2) is 36.0 Å². The number of likely N-dealkylation sites (N-methyl/N-ethyl adjacent to an activating group) is 1. The molecule has 1 aliphatic heterocycles. The summed E-state index contributed by atoms with van der Waals surface area (Å²) in [6.07, 6.45) is 9.52. The first kappa shape index (κ1) is 10.9. The second-order valence-corrected chi connectivity index (χ2v) is 4.29. The van der Waals surface area contributed by atoms with Gasteiger partial charge in [0.05, 0.1) is 0 Å². The lowest BCUT2D eigenvalue weighted by molar-refractivity contribution is -0.128. The van der Waals surface area contributed by atoms with Crippen molar-refractivity contribution in [2.24, 2.45) is 5.41 Å². The average Bonchev–Trinajstić information content (AvgIpc) is 2.29. The fourth-order valence-corrected chi connectivity index (χ4v) is 2.30. The predicted molar refractivity (Wildman–Crippen MR) is 61.7 cm³/mol. The Balaban J connectivity index is 2.42. The van der Waals surface area contributed by atoms with Gasteiger partial charge in [-0.1, -0.05) is 18.2 Å². The normalized spacial score (nSPS) is 25.9. The summed E-state index contributed by atoms with van der Waals surface area (Å²) in [5.74, 6) is 0.0462. The Morgan fingerprint density at radius 1 is 1.31 bits per heavy atom. The summed E-state index contributed by atoms with van der Waals surface area (Å²) < 4.78 is 0. The Morgan fingerprint density at radius 2 is 1.94 bits per heavy atom. The molecule has 0 unspecified atom stereocenters. The van der Waals surface area contributed by atoms with Crippen LogP contribution in [0.1, 0.15) is 13.3 Å². The summed E-state index contributed by atoms with van der Waals surface area (Å²) in [5.41, 5.74) is 0.410. The van der Waals surface area contributed by atoms with Crippen LogP contribution in [-0.2, 0) is 9.59 Å². The topological polar surface area (TPSA) is 37.4 Å². The molecule has 0 aromatic heterocycles. The maximum absolute atomic E-state index is 12.0. The highest BCUT2D eigenvalue weighted by Gasteiger charge is 2.39. The zero-order chi connectivity index (χ0) is 11.8. The lowest BCUT2D eigenvalue weighted by Gasteiger charge is -2.39. The summed E-state index contributed by atoms with van der Waals surface area (Å²) >= 11 is 0. The summed E-state index contributed by atoms with van der Waals surface area (Å²) in [7, 11) is 1.81. The average molecular weight is 217 g/mol. The molecule has 1 spiro atoms. The van der Waals surface area contributed by atoms with Crippen molar-refractivity contribution in [1.82, 2.24) is 4.90 Å². The molecule has 3 heteroatoms. The first-order valence-electron chi connectivity index (χ1n) is 5.44. The van der Waals surface area contributed by atoms with Crippen molar-refractivity contribution >= 4 is 11.7 Å². The minimum Gasteiger partial charge on any atom is -0.342 e. The van der Waals surface area contributed by atoms with E-state index in [0.29, 0.717) is 0 Å². The molecule has 16 heavy (non-hydrogen) atoms. The molecule has 0 radical (unpaired) electrons. The number of nitrogens with zero attached hydrogens (tertiary/aromatic N) is 1. The van der Waals surface area contributed by atoms with Gasteiger partial charge in [-0.2, -0.15) is 0 Å². The van der Waals surface area contributed by atoms with Gasteiger partial charge in [-0.15, -0.1) is 0 Å². The lowest BCUT2D eigenvalue weighted by atomic mass is 9.71. The molecule has 1 heterocycles. The van der Waals surface area contributed by atoms with E-state index in [1.54, 1.807) is 24.1 Å². The van der Waals surface area contributed by atoms with Crippen LogP contribution in [-0.4, -0.2) is 30.2 Å². The third-order valence-corrected chi connectivity index (χ3v) is 3.32. The van der Waals surface area contributed by atoms with E-state index in [0.717, 1.165) is 18.5 Å². The molecule has 2 aliphatic rings. The van der Waals surface area contributed by atoms with Gasteiger partial charge >= 0.3 is 0 Å². The molecule has 0 atom stereocenters. The molecule has 2 rings (SSSR count). The van der Waals surface area contributed by atoms with Crippen molar-refractivity contribution in [1.29, 1.82) is 0 Å². The zero-order valence-corrected chi connectivity index (χ0v) is 9.56. The van der Waals surface area contributed by atoms with Gasteiger partial charge in [0, 0.05) is 24.6 Å². The van der Waals surface area contributed by atoms with E-state index >= 15 is 0 Å². The van der Waals surface area contributed by atoms with E-state index in [2.05, 4.69) is 0 Å². The van der Waals surface area contributed by atoms with Crippen LogP contribution in [0.5, 0.6) is 0 Å². The second-order valence-electron chi connectivity index (χ2n) is 4.29. The first-order valence-corrected chi connectivity index (χ1v) is 5.44. The SMILES string of the molecule is C/C=C1\C(=O)N(C)CCC12C=CC(=O)C=C2. The molecule has 0 saturated carbocycles. The maximum atomic E-state index is 12.0. The van der Waals surface area contributed by atoms with Crippen molar-refractivity contribution in [2.45, 2.75) is 13.3 Å². The molecule has 1 saturated heterocycles. The van der Waals surface area contributed by atoms with E-state index < -0.39 is 0 Å². The third-order valence-electron chi connectivity index (χ3n) is 3.32. The number of carbonyl (C=O) groups excluding carboxylic acids is 2. The van der Waals surface area contributed by atoms with Crippen LogP contribution < -0.4 is 0 Å². The Kier molecular flexibility index (Phi) is 2.54. The number of amides is 1. The second kappa shape index (κ2) is 3.74. The number of ketones is 1. The summed E-state index contributed by atoms with van der Waals surface area (Å²) in [5, 5.41) is 0. The monoisotopic (exact) mass is 217 g/mol. The minimum atomic E-state index is -0.355. The molecule has 1 amide bonds. The van der Waals surface area contributed by atoms with E-state index in [1.165, 1.54) is 0 Å². The van der Waals surface area contributed by atoms with Crippen molar-refractivity contribution < 1.29 is 9.59 Å². The van der Waals surface area contributed by atoms with Gasteiger partial charge in [0.15, 0.2) is 5.78 Å². The zero-order valence-electron chi connectivity index (χ0n) is 9.56. The number of rotatable bonds is 0. The largest absolute Gasteiger partial charge is 0.342 e. The number of piperidine rings is 1. The van der Waals surface area contributed by atoms with Crippen LogP contribution in [0.4, 0.5) is 0 Å². The highest BCUT2D eigenvalue weighted by molar-refractivity contribution is 6.03. The summed E-state index contributed by atoms with van der Waals surface area (Å²) in [4.78, 5) is 24.9. The maximum Gasteiger partial charge on any atom is 0.250 e. The van der Waals surface area contributed by atoms with Gasteiger partial charge in [-0.3, -0.25) is 9.59 Å². The van der Waals surface area contributed by atoms with Crippen LogP contribution in [0.25, 0.3) is 0 Å². The highest BCUT2D eigenvalue weighted by Crippen LogP contribution is 2.40. The van der Waals surface area contributed by atoms with Gasteiger partial charge in [0.25, 0.3) is 0 Å². The molecule has 0 aromatic rings. The van der Waals surface area contributed by atoms with Crippen LogP contribution in [0.2, 0.25) is 0 Å². The predicted octanol–water partition coefficient (Wildman–Crippen LogP) is 1.48. The number of carbonyl (C=O) groups is 2. The van der Waals surface area contributed by atoms with Crippen molar-refractivity contribution in [3.05, 3.63) is 36.0 Å². The van der Waals surface area contributed by atoms with E-state index in [1.807, 2.05) is 25.2 Å². The number of allylic oxidation sites excluding steroid dienone is 5. The van der Waals surface area contributed by atoms with Gasteiger partial charge < -0.3 is 4.90 Å². The minimum absolute atomic E-state index is 0.00699. The van der Waals surface area contributed by atoms with Crippen LogP contribution in [0.3, 0.4) is 0 Å². The number of likely N-dealkylation sites (tertiary alicyclic amines) is 1. The van der Waals surface area contributed by atoms with Gasteiger partial charge in [-0.05, 0) is 25.5 Å². The fourth-order valence-electron chi connectivity index (χ4n) is 2.30. The van der Waals surface area contributed by atoms with E-state index in [-0.39, 0.29) is 17.1 Å². The van der Waals surface area contributed by atoms with Crippen molar-refractivity contribution in [3.63, 3.8) is 0 Å². The van der Waals surface area contributed by atoms with Gasteiger partial charge in [-0.25, -0.2) is 0 Å². The molecule has 0 bridgehead atoms. The quantitative estimate of drug-likeness (QED) is 0.576. The molecule has 1 aliphatic carbocycles. The van der Waals surface area contributed by atoms with Crippen LogP contribution in [0, 0.1) is 5.41 Å². The Bertz CT molecular complexity index is 413. The van der Waals surface area contributed by atoms with Crippen molar-refractivity contribution in [2.75, 3.05) is 13.6 Å². The number of hydrogen-bond donors (Lipinski definition) is 0. The Morgan fingerprint density at radius 3 is 2.50 bits per heavy atom. The van der Waals surface area contributed by atoms with E-state index in [4.69, 9.17) is 0 Å². The fraction of sp³-hybridized carbons (Fsp3) is 0.385. The van der Waals surface area contributed by atoms with E-state index in [9.17, 15) is 9.59 Å². The standard InChI is InChI=1S/C13H15NO2/c1-3-11-12(16)14(2)9-8-13(11)6-4-10(15)5-7-13/h3-7H,8-9H2,1-2H3/b11-3+. The molecule has 3 nitrogen and oxygen atoms in total. The summed E-state index contributed by atoms with van der Waals surface area (Å²) in [6, 6.07) is 0. The molecular formula is C13H15NO2. The highest BCUT2D eigenvalue weighted by atomic mass is 16.2. The third kappa shape index (κ3) is 1.52. The number of hydrogen-bond acceptors (Lipinski definition) is 2. The Hall–Kier alpha value is -1.64. The lowest BCUT2D eigenvalue weighted by Crippen LogP contribution is -2.43. The molecule has 84 valence electrons. The van der Waals surface area contributed by atoms with Gasteiger partial charge in [0.1, 0.15) is 0 Å². The van der Waals surface area contributed by atoms with Crippen molar-refractivity contribution in [3.8, 4) is 0 Å².